The smallest absolute Gasteiger partial charge is 0.332 e. The summed E-state index contributed by atoms with van der Waals surface area (Å²) in [6.07, 6.45) is 4.19. The van der Waals surface area contributed by atoms with Gasteiger partial charge in [-0.2, -0.15) is 0 Å². The number of nitrogens with zero attached hydrogens (tertiary/aromatic N) is 1. The van der Waals surface area contributed by atoms with E-state index in [1.165, 1.54) is 22.9 Å². The molecule has 4 heteroatoms. The Morgan fingerprint density at radius 2 is 2.06 bits per heavy atom. The van der Waals surface area contributed by atoms with E-state index in [0.717, 1.165) is 0 Å². The van der Waals surface area contributed by atoms with Crippen LogP contribution in [0.4, 0.5) is 0 Å². The van der Waals surface area contributed by atoms with Crippen LogP contribution in [0.15, 0.2) is 35.3 Å². The summed E-state index contributed by atoms with van der Waals surface area (Å²) in [5.41, 5.74) is -0.717. The van der Waals surface area contributed by atoms with Gasteiger partial charge in [0.1, 0.15) is 5.60 Å². The summed E-state index contributed by atoms with van der Waals surface area (Å²) in [7, 11) is 0. The van der Waals surface area contributed by atoms with E-state index in [1.54, 1.807) is 39.1 Å². The molecule has 1 aromatic heterocycles. The fourth-order valence-electron chi connectivity index (χ4n) is 1.04. The molecule has 0 atom stereocenters. The van der Waals surface area contributed by atoms with Crippen LogP contribution >= 0.6 is 0 Å². The highest BCUT2D eigenvalue weighted by molar-refractivity contribution is 5.85. The second kappa shape index (κ2) is 4.79. The van der Waals surface area contributed by atoms with E-state index in [0.29, 0.717) is 0 Å². The Bertz CT molecular complexity index is 452. The molecule has 0 aromatic carbocycles. The molecule has 0 fully saturated rings. The number of aromatic nitrogens is 1. The van der Waals surface area contributed by atoms with Gasteiger partial charge in [0.2, 0.25) is 0 Å². The van der Waals surface area contributed by atoms with Gasteiger partial charge in [-0.25, -0.2) is 4.79 Å². The molecule has 0 saturated carbocycles. The molecule has 0 aliphatic heterocycles. The predicted molar refractivity (Wildman–Crippen MR) is 61.9 cm³/mol. The highest BCUT2D eigenvalue weighted by atomic mass is 16.6. The summed E-state index contributed by atoms with van der Waals surface area (Å²) in [6.45, 7) is 5.36. The van der Waals surface area contributed by atoms with E-state index < -0.39 is 11.6 Å². The summed E-state index contributed by atoms with van der Waals surface area (Å²) in [4.78, 5) is 22.6. The van der Waals surface area contributed by atoms with Crippen molar-refractivity contribution in [2.75, 3.05) is 0 Å². The van der Waals surface area contributed by atoms with Crippen molar-refractivity contribution in [3.63, 3.8) is 0 Å². The zero-order valence-corrected chi connectivity index (χ0v) is 9.64. The van der Waals surface area contributed by atoms with Crippen molar-refractivity contribution >= 4 is 12.2 Å². The van der Waals surface area contributed by atoms with Crippen molar-refractivity contribution in [3.05, 3.63) is 40.8 Å². The molecule has 0 aliphatic carbocycles. The first-order valence-electron chi connectivity index (χ1n) is 4.97. The molecule has 0 radical (unpaired) electrons. The van der Waals surface area contributed by atoms with Crippen LogP contribution in [0.3, 0.4) is 0 Å². The standard InChI is InChI=1S/C12H15NO3/c1-12(2,3)16-11(15)7-9-13-8-5-4-6-10(13)14/h4-9H,1-3H3. The molecular formula is C12H15NO3. The van der Waals surface area contributed by atoms with E-state index in [9.17, 15) is 9.59 Å². The maximum atomic E-state index is 11.3. The lowest BCUT2D eigenvalue weighted by Crippen LogP contribution is -2.22. The summed E-state index contributed by atoms with van der Waals surface area (Å²) >= 11 is 0. The third-order valence-corrected chi connectivity index (χ3v) is 1.63. The van der Waals surface area contributed by atoms with Gasteiger partial charge in [-0.1, -0.05) is 6.07 Å². The quantitative estimate of drug-likeness (QED) is 0.563. The zero-order valence-electron chi connectivity index (χ0n) is 9.64. The maximum absolute atomic E-state index is 11.3. The van der Waals surface area contributed by atoms with Gasteiger partial charge in [-0.15, -0.1) is 0 Å². The van der Waals surface area contributed by atoms with Gasteiger partial charge in [0, 0.05) is 24.5 Å². The second-order valence-corrected chi connectivity index (χ2v) is 4.30. The van der Waals surface area contributed by atoms with E-state index in [-0.39, 0.29) is 5.56 Å². The number of carbonyl (C=O) groups excluding carboxylic acids is 1. The lowest BCUT2D eigenvalue weighted by atomic mass is 10.2. The van der Waals surface area contributed by atoms with Crippen LogP contribution in [0.5, 0.6) is 0 Å². The van der Waals surface area contributed by atoms with Gasteiger partial charge in [0.25, 0.3) is 5.56 Å². The van der Waals surface area contributed by atoms with Crippen LogP contribution in [0.25, 0.3) is 6.20 Å². The van der Waals surface area contributed by atoms with Crippen LogP contribution in [0.1, 0.15) is 20.8 Å². The van der Waals surface area contributed by atoms with Gasteiger partial charge in [0.15, 0.2) is 0 Å². The minimum atomic E-state index is -0.525. The molecule has 0 unspecified atom stereocenters. The fraction of sp³-hybridized carbons (Fsp3) is 0.333. The normalized spacial score (nSPS) is 11.7. The van der Waals surface area contributed by atoms with Crippen molar-refractivity contribution in [2.24, 2.45) is 0 Å². The Morgan fingerprint density at radius 1 is 1.38 bits per heavy atom. The van der Waals surface area contributed by atoms with Gasteiger partial charge >= 0.3 is 5.97 Å². The van der Waals surface area contributed by atoms with Crippen molar-refractivity contribution in [1.82, 2.24) is 4.57 Å². The number of pyridine rings is 1. The number of hydrogen-bond donors (Lipinski definition) is 0. The van der Waals surface area contributed by atoms with Crippen molar-refractivity contribution < 1.29 is 9.53 Å². The number of carbonyl (C=O) groups is 1. The van der Waals surface area contributed by atoms with Crippen molar-refractivity contribution in [1.29, 1.82) is 0 Å². The first-order chi connectivity index (χ1) is 7.38. The van der Waals surface area contributed by atoms with E-state index in [1.807, 2.05) is 0 Å². The summed E-state index contributed by atoms with van der Waals surface area (Å²) in [6, 6.07) is 4.76. The number of ether oxygens (including phenoxy) is 1. The molecule has 0 spiro atoms. The Hall–Kier alpha value is -1.84. The molecular weight excluding hydrogens is 206 g/mol. The van der Waals surface area contributed by atoms with E-state index in [2.05, 4.69) is 0 Å². The van der Waals surface area contributed by atoms with Gasteiger partial charge < -0.3 is 4.74 Å². The van der Waals surface area contributed by atoms with Crippen LogP contribution in [-0.2, 0) is 9.53 Å². The molecule has 0 aliphatic rings. The Kier molecular flexibility index (Phi) is 3.66. The number of hydrogen-bond acceptors (Lipinski definition) is 3. The van der Waals surface area contributed by atoms with Crippen LogP contribution in [0.2, 0.25) is 0 Å². The minimum Gasteiger partial charge on any atom is -0.457 e. The SMILES string of the molecule is CC(C)(C)OC(=O)C=Cn1ccccc1=O. The average Bonchev–Trinajstić information content (AvgIpc) is 2.14. The van der Waals surface area contributed by atoms with E-state index in [4.69, 9.17) is 4.74 Å². The average molecular weight is 221 g/mol. The van der Waals surface area contributed by atoms with Crippen LogP contribution in [-0.4, -0.2) is 16.1 Å². The van der Waals surface area contributed by atoms with Crippen LogP contribution in [0, 0.1) is 0 Å². The molecule has 0 bridgehead atoms. The van der Waals surface area contributed by atoms with E-state index >= 15 is 0 Å². The highest BCUT2D eigenvalue weighted by Gasteiger charge is 2.13. The van der Waals surface area contributed by atoms with Crippen molar-refractivity contribution in [3.8, 4) is 0 Å². The highest BCUT2D eigenvalue weighted by Crippen LogP contribution is 2.07. The van der Waals surface area contributed by atoms with Crippen LogP contribution < -0.4 is 5.56 Å². The largest absolute Gasteiger partial charge is 0.457 e. The third kappa shape index (κ3) is 4.13. The Labute approximate surface area is 94.2 Å². The summed E-state index contributed by atoms with van der Waals surface area (Å²) < 4.78 is 6.37. The first-order valence-corrected chi connectivity index (χ1v) is 4.97. The lowest BCUT2D eigenvalue weighted by molar-refractivity contribution is -0.148. The number of rotatable bonds is 2. The molecule has 16 heavy (non-hydrogen) atoms. The van der Waals surface area contributed by atoms with Gasteiger partial charge in [0.05, 0.1) is 0 Å². The molecule has 1 aromatic rings. The maximum Gasteiger partial charge on any atom is 0.332 e. The molecule has 86 valence electrons. The molecule has 0 N–H and O–H groups in total. The second-order valence-electron chi connectivity index (χ2n) is 4.30. The molecule has 0 saturated heterocycles. The third-order valence-electron chi connectivity index (χ3n) is 1.63. The molecule has 0 amide bonds. The number of esters is 1. The molecule has 4 nitrogen and oxygen atoms in total. The monoisotopic (exact) mass is 221 g/mol. The minimum absolute atomic E-state index is 0.192. The molecule has 1 rings (SSSR count). The fourth-order valence-corrected chi connectivity index (χ4v) is 1.04. The summed E-state index contributed by atoms with van der Waals surface area (Å²) in [5.74, 6) is -0.469. The van der Waals surface area contributed by atoms with Crippen molar-refractivity contribution in [2.45, 2.75) is 26.4 Å². The summed E-state index contributed by atoms with van der Waals surface area (Å²) in [5, 5.41) is 0. The van der Waals surface area contributed by atoms with Gasteiger partial charge in [-0.3, -0.25) is 9.36 Å². The van der Waals surface area contributed by atoms with Gasteiger partial charge in [-0.05, 0) is 26.8 Å². The zero-order chi connectivity index (χ0) is 12.2. The topological polar surface area (TPSA) is 48.3 Å². The predicted octanol–water partition coefficient (Wildman–Crippen LogP) is 1.66. The lowest BCUT2D eigenvalue weighted by Gasteiger charge is -2.17. The first kappa shape index (κ1) is 12.2. The Balaban J connectivity index is 2.72. The Morgan fingerprint density at radius 3 is 2.62 bits per heavy atom. The molecule has 1 heterocycles.